The summed E-state index contributed by atoms with van der Waals surface area (Å²) in [6, 6.07) is 6.23. The number of hydrogen-bond acceptors (Lipinski definition) is 1. The summed E-state index contributed by atoms with van der Waals surface area (Å²) in [5.74, 6) is 0.101. The van der Waals surface area contributed by atoms with Crippen molar-refractivity contribution in [1.82, 2.24) is 0 Å². The van der Waals surface area contributed by atoms with Crippen LogP contribution in [-0.2, 0) is 0 Å². The highest BCUT2D eigenvalue weighted by Crippen LogP contribution is 2.36. The number of nitrogens with zero attached hydrogens (tertiary/aromatic N) is 1. The van der Waals surface area contributed by atoms with Crippen LogP contribution in [0.3, 0.4) is 0 Å². The lowest BCUT2D eigenvalue weighted by atomic mass is 9.92. The van der Waals surface area contributed by atoms with Crippen molar-refractivity contribution in [2.24, 2.45) is 16.5 Å². The lowest BCUT2D eigenvalue weighted by Crippen LogP contribution is -2.22. The van der Waals surface area contributed by atoms with E-state index in [0.29, 0.717) is 0 Å². The van der Waals surface area contributed by atoms with Crippen molar-refractivity contribution in [2.45, 2.75) is 27.7 Å². The van der Waals surface area contributed by atoms with Gasteiger partial charge in [-0.3, -0.25) is 0 Å². The average molecular weight is 241 g/mol. The minimum Gasteiger partial charge on any atom is -0.370 e. The third kappa shape index (κ3) is 1.82. The topological polar surface area (TPSA) is 64.4 Å². The highest BCUT2D eigenvalue weighted by molar-refractivity contribution is 6.01. The van der Waals surface area contributed by atoms with Crippen LogP contribution in [0.4, 0.5) is 5.69 Å². The monoisotopic (exact) mass is 241 g/mol. The van der Waals surface area contributed by atoms with Crippen LogP contribution in [0, 0.1) is 27.7 Å². The Hall–Kier alpha value is -2.03. The highest BCUT2D eigenvalue weighted by atomic mass is 15.0. The van der Waals surface area contributed by atoms with Gasteiger partial charge in [0.25, 0.3) is 0 Å². The van der Waals surface area contributed by atoms with Crippen LogP contribution in [0.15, 0.2) is 23.2 Å². The number of aryl methyl sites for hydroxylation is 2. The van der Waals surface area contributed by atoms with E-state index in [2.05, 4.69) is 44.8 Å². The normalized spacial score (nSPS) is 10.7. The average Bonchev–Trinajstić information content (AvgIpc) is 2.31. The summed E-state index contributed by atoms with van der Waals surface area (Å²) in [6.45, 7) is 8.44. The van der Waals surface area contributed by atoms with E-state index < -0.39 is 0 Å². The molecule has 0 radical (unpaired) electrons. The first-order valence-electron chi connectivity index (χ1n) is 6.02. The number of benzene rings is 2. The minimum absolute atomic E-state index is 0.101. The zero-order valence-corrected chi connectivity index (χ0v) is 11.3. The molecule has 0 bridgehead atoms. The van der Waals surface area contributed by atoms with Crippen molar-refractivity contribution in [2.75, 3.05) is 0 Å². The maximum Gasteiger partial charge on any atom is 0.191 e. The van der Waals surface area contributed by atoms with E-state index in [4.69, 9.17) is 11.5 Å². The Bertz CT molecular complexity index is 651. The van der Waals surface area contributed by atoms with Gasteiger partial charge in [0.2, 0.25) is 0 Å². The summed E-state index contributed by atoms with van der Waals surface area (Å²) < 4.78 is 0. The smallest absolute Gasteiger partial charge is 0.191 e. The maximum atomic E-state index is 5.54. The third-order valence-corrected chi connectivity index (χ3v) is 3.62. The first kappa shape index (κ1) is 12.4. The van der Waals surface area contributed by atoms with Gasteiger partial charge >= 0.3 is 0 Å². The molecule has 0 aliphatic carbocycles. The Balaban J connectivity index is 3.02. The maximum absolute atomic E-state index is 5.54. The van der Waals surface area contributed by atoms with E-state index in [1.165, 1.54) is 22.1 Å². The largest absolute Gasteiger partial charge is 0.370 e. The standard InChI is InChI=1S/C15H19N3/c1-8-6-5-7-12-13(8)10(3)9(2)11(4)14(12)18-15(16)17/h5-7H,1-4H3,(H4,16,17,18). The van der Waals surface area contributed by atoms with Gasteiger partial charge in [-0.1, -0.05) is 18.2 Å². The molecule has 0 aromatic heterocycles. The van der Waals surface area contributed by atoms with Crippen molar-refractivity contribution in [3.63, 3.8) is 0 Å². The summed E-state index contributed by atoms with van der Waals surface area (Å²) in [5, 5.41) is 2.37. The summed E-state index contributed by atoms with van der Waals surface area (Å²) in [5.41, 5.74) is 16.9. The number of fused-ring (bicyclic) bond motifs is 1. The highest BCUT2D eigenvalue weighted by Gasteiger charge is 2.12. The van der Waals surface area contributed by atoms with E-state index in [-0.39, 0.29) is 5.96 Å². The summed E-state index contributed by atoms with van der Waals surface area (Å²) in [6.07, 6.45) is 0. The number of hydrogen-bond donors (Lipinski definition) is 2. The second-order valence-electron chi connectivity index (χ2n) is 4.76. The Kier molecular flexibility index (Phi) is 2.99. The minimum atomic E-state index is 0.101. The molecule has 0 aliphatic rings. The molecule has 4 N–H and O–H groups in total. The molecule has 3 heteroatoms. The fourth-order valence-electron chi connectivity index (χ4n) is 2.48. The molecule has 0 spiro atoms. The predicted octanol–water partition coefficient (Wildman–Crippen LogP) is 2.98. The molecule has 0 unspecified atom stereocenters. The van der Waals surface area contributed by atoms with Crippen LogP contribution in [-0.4, -0.2) is 5.96 Å². The van der Waals surface area contributed by atoms with E-state index in [9.17, 15) is 0 Å². The van der Waals surface area contributed by atoms with Gasteiger partial charge in [0.1, 0.15) is 0 Å². The molecule has 0 saturated heterocycles. The molecule has 0 amide bonds. The van der Waals surface area contributed by atoms with Gasteiger partial charge in [-0.2, -0.15) is 0 Å². The van der Waals surface area contributed by atoms with Crippen LogP contribution < -0.4 is 11.5 Å². The van der Waals surface area contributed by atoms with Crippen LogP contribution >= 0.6 is 0 Å². The molecule has 2 aromatic carbocycles. The SMILES string of the molecule is Cc1c(C)c(C)c2c(C)cccc2c1N=C(N)N. The third-order valence-electron chi connectivity index (χ3n) is 3.62. The van der Waals surface area contributed by atoms with Crippen molar-refractivity contribution < 1.29 is 0 Å². The molecule has 0 heterocycles. The van der Waals surface area contributed by atoms with Crippen molar-refractivity contribution in [1.29, 1.82) is 0 Å². The molecule has 3 nitrogen and oxygen atoms in total. The Morgan fingerprint density at radius 3 is 2.22 bits per heavy atom. The summed E-state index contributed by atoms with van der Waals surface area (Å²) in [7, 11) is 0. The van der Waals surface area contributed by atoms with E-state index in [1.54, 1.807) is 0 Å². The summed E-state index contributed by atoms with van der Waals surface area (Å²) >= 11 is 0. The fourth-order valence-corrected chi connectivity index (χ4v) is 2.48. The van der Waals surface area contributed by atoms with Crippen LogP contribution in [0.1, 0.15) is 22.3 Å². The van der Waals surface area contributed by atoms with E-state index in [1.807, 2.05) is 6.07 Å². The van der Waals surface area contributed by atoms with Crippen molar-refractivity contribution in [3.8, 4) is 0 Å². The first-order chi connectivity index (χ1) is 8.43. The van der Waals surface area contributed by atoms with Gasteiger partial charge < -0.3 is 11.5 Å². The number of nitrogens with two attached hydrogens (primary N) is 2. The Morgan fingerprint density at radius 2 is 1.61 bits per heavy atom. The zero-order chi connectivity index (χ0) is 13.4. The number of rotatable bonds is 1. The van der Waals surface area contributed by atoms with Gasteiger partial charge in [-0.25, -0.2) is 4.99 Å². The van der Waals surface area contributed by atoms with Crippen LogP contribution in [0.2, 0.25) is 0 Å². The fraction of sp³-hybridized carbons (Fsp3) is 0.267. The quantitative estimate of drug-likeness (QED) is 0.595. The van der Waals surface area contributed by atoms with Gasteiger partial charge in [0, 0.05) is 5.39 Å². The van der Waals surface area contributed by atoms with Crippen LogP contribution in [0.5, 0.6) is 0 Å². The van der Waals surface area contributed by atoms with Gasteiger partial charge in [-0.05, 0) is 55.3 Å². The molecule has 0 aliphatic heterocycles. The Morgan fingerprint density at radius 1 is 0.944 bits per heavy atom. The number of aliphatic imine (C=N–C) groups is 1. The van der Waals surface area contributed by atoms with Gasteiger partial charge in [0.05, 0.1) is 5.69 Å². The van der Waals surface area contributed by atoms with Crippen molar-refractivity contribution >= 4 is 22.4 Å². The molecule has 2 aromatic rings. The lowest BCUT2D eigenvalue weighted by molar-refractivity contribution is 1.27. The first-order valence-corrected chi connectivity index (χ1v) is 6.02. The van der Waals surface area contributed by atoms with E-state index in [0.717, 1.165) is 16.6 Å². The molecule has 18 heavy (non-hydrogen) atoms. The van der Waals surface area contributed by atoms with Gasteiger partial charge in [0.15, 0.2) is 5.96 Å². The summed E-state index contributed by atoms with van der Waals surface area (Å²) in [4.78, 5) is 4.30. The van der Waals surface area contributed by atoms with Crippen LogP contribution in [0.25, 0.3) is 10.8 Å². The lowest BCUT2D eigenvalue weighted by Gasteiger charge is -2.15. The molecular weight excluding hydrogens is 222 g/mol. The molecule has 94 valence electrons. The molecule has 0 saturated carbocycles. The van der Waals surface area contributed by atoms with E-state index >= 15 is 0 Å². The molecule has 2 rings (SSSR count). The van der Waals surface area contributed by atoms with Crippen molar-refractivity contribution in [3.05, 3.63) is 40.5 Å². The second-order valence-corrected chi connectivity index (χ2v) is 4.76. The second kappa shape index (κ2) is 4.33. The number of guanidine groups is 1. The zero-order valence-electron chi connectivity index (χ0n) is 11.3. The molecule has 0 atom stereocenters. The molecular formula is C15H19N3. The van der Waals surface area contributed by atoms with Gasteiger partial charge in [-0.15, -0.1) is 0 Å². The predicted molar refractivity (Wildman–Crippen MR) is 78.4 cm³/mol. The Labute approximate surface area is 108 Å². The molecule has 0 fully saturated rings.